The van der Waals surface area contributed by atoms with Crippen LogP contribution in [0.1, 0.15) is 55.7 Å². The lowest BCUT2D eigenvalue weighted by molar-refractivity contribution is -0.106. The lowest BCUT2D eigenvalue weighted by Crippen LogP contribution is -2.07. The Balaban J connectivity index is 0.000000878. The third-order valence-electron chi connectivity index (χ3n) is 5.09. The van der Waals surface area contributed by atoms with Gasteiger partial charge in [-0.05, 0) is 69.2 Å². The zero-order valence-corrected chi connectivity index (χ0v) is 17.5. The smallest absolute Gasteiger partial charge is 0.126 e. The fourth-order valence-corrected chi connectivity index (χ4v) is 3.77. The van der Waals surface area contributed by atoms with Crippen molar-refractivity contribution in [3.8, 4) is 11.5 Å². The molecule has 1 unspecified atom stereocenters. The van der Waals surface area contributed by atoms with Crippen molar-refractivity contribution in [1.29, 1.82) is 0 Å². The molecule has 0 saturated heterocycles. The quantitative estimate of drug-likeness (QED) is 0.462. The van der Waals surface area contributed by atoms with E-state index in [0.29, 0.717) is 5.92 Å². The Bertz CT molecular complexity index is 753. The van der Waals surface area contributed by atoms with Crippen LogP contribution in [0.25, 0.3) is 0 Å². The molecule has 0 radical (unpaired) electrons. The lowest BCUT2D eigenvalue weighted by atomic mass is 9.84. The highest BCUT2D eigenvalue weighted by Gasteiger charge is 2.22. The Labute approximate surface area is 169 Å². The number of allylic oxidation sites excluding steroid dienone is 2. The Morgan fingerprint density at radius 2 is 1.57 bits per heavy atom. The maximum atomic E-state index is 8.81. The first-order valence-corrected chi connectivity index (χ1v) is 9.98. The van der Waals surface area contributed by atoms with Crippen molar-refractivity contribution in [1.82, 2.24) is 0 Å². The highest BCUT2D eigenvalue weighted by atomic mass is 16.5. The Morgan fingerprint density at radius 1 is 1.00 bits per heavy atom. The van der Waals surface area contributed by atoms with Gasteiger partial charge in [-0.15, -0.1) is 0 Å². The van der Waals surface area contributed by atoms with E-state index in [1.165, 1.54) is 42.0 Å². The van der Waals surface area contributed by atoms with Gasteiger partial charge in [0.2, 0.25) is 0 Å². The van der Waals surface area contributed by atoms with E-state index in [2.05, 4.69) is 55.5 Å². The zero-order valence-electron chi connectivity index (χ0n) is 17.5. The second-order valence-corrected chi connectivity index (χ2v) is 7.15. The van der Waals surface area contributed by atoms with E-state index in [1.54, 1.807) is 14.2 Å². The molecule has 0 saturated carbocycles. The number of ether oxygens (including phenoxy) is 2. The summed E-state index contributed by atoms with van der Waals surface area (Å²) >= 11 is 0. The summed E-state index contributed by atoms with van der Waals surface area (Å²) in [4.78, 5) is 8.81. The summed E-state index contributed by atoms with van der Waals surface area (Å²) in [5.41, 5.74) is 5.29. The average molecular weight is 381 g/mol. The molecule has 150 valence electrons. The molecule has 3 rings (SSSR count). The number of hydrogen-bond donors (Lipinski definition) is 0. The minimum Gasteiger partial charge on any atom is -0.496 e. The van der Waals surface area contributed by atoms with E-state index in [1.807, 2.05) is 0 Å². The molecule has 2 aromatic carbocycles. The first-order chi connectivity index (χ1) is 13.6. The minimum atomic E-state index is 0.391. The van der Waals surface area contributed by atoms with Gasteiger partial charge in [0.15, 0.2) is 0 Å². The van der Waals surface area contributed by atoms with E-state index in [0.717, 1.165) is 37.0 Å². The SMILES string of the molecule is CC=O.COc1cc(CCc2ccccc2)cc(OC)c1C1C=C(C)CCC1. The molecule has 0 bridgehead atoms. The molecule has 3 heteroatoms. The highest BCUT2D eigenvalue weighted by molar-refractivity contribution is 5.52. The van der Waals surface area contributed by atoms with Crippen molar-refractivity contribution in [2.75, 3.05) is 14.2 Å². The monoisotopic (exact) mass is 380 g/mol. The van der Waals surface area contributed by atoms with Crippen molar-refractivity contribution >= 4 is 6.29 Å². The maximum Gasteiger partial charge on any atom is 0.126 e. The van der Waals surface area contributed by atoms with Crippen LogP contribution >= 0.6 is 0 Å². The normalized spacial score (nSPS) is 15.7. The van der Waals surface area contributed by atoms with Gasteiger partial charge in [0, 0.05) is 11.5 Å². The summed E-state index contributed by atoms with van der Waals surface area (Å²) in [5.74, 6) is 2.30. The summed E-state index contributed by atoms with van der Waals surface area (Å²) in [6.07, 6.45) is 8.73. The van der Waals surface area contributed by atoms with Crippen molar-refractivity contribution < 1.29 is 14.3 Å². The molecule has 1 atom stereocenters. The number of benzene rings is 2. The van der Waals surface area contributed by atoms with Crippen molar-refractivity contribution in [2.45, 2.75) is 51.9 Å². The van der Waals surface area contributed by atoms with Gasteiger partial charge in [-0.3, -0.25) is 0 Å². The van der Waals surface area contributed by atoms with Crippen LogP contribution in [0.2, 0.25) is 0 Å². The fourth-order valence-electron chi connectivity index (χ4n) is 3.77. The van der Waals surface area contributed by atoms with Crippen LogP contribution < -0.4 is 9.47 Å². The molecular weight excluding hydrogens is 348 g/mol. The molecule has 0 fully saturated rings. The molecule has 0 amide bonds. The molecule has 0 N–H and O–H groups in total. The molecular formula is C25H32O3. The van der Waals surface area contributed by atoms with E-state index in [9.17, 15) is 0 Å². The Morgan fingerprint density at radius 3 is 2.11 bits per heavy atom. The number of carbonyl (C=O) groups is 1. The molecule has 28 heavy (non-hydrogen) atoms. The van der Waals surface area contributed by atoms with Crippen LogP contribution in [-0.4, -0.2) is 20.5 Å². The van der Waals surface area contributed by atoms with Gasteiger partial charge >= 0.3 is 0 Å². The molecule has 0 aliphatic heterocycles. The number of aldehydes is 1. The van der Waals surface area contributed by atoms with E-state index < -0.39 is 0 Å². The molecule has 1 aliphatic rings. The molecule has 3 nitrogen and oxygen atoms in total. The summed E-state index contributed by atoms with van der Waals surface area (Å²) < 4.78 is 11.5. The largest absolute Gasteiger partial charge is 0.496 e. The van der Waals surface area contributed by atoms with Crippen LogP contribution in [0.4, 0.5) is 0 Å². The summed E-state index contributed by atoms with van der Waals surface area (Å²) in [6.45, 7) is 3.67. The molecule has 2 aromatic rings. The standard InChI is InChI=1S/C23H28O2.C2H4O/c1-17-8-7-11-20(14-17)23-21(24-2)15-19(16-22(23)25-3)13-12-18-9-5-4-6-10-18;1-2-3/h4-6,9-10,14-16,20H,7-8,11-13H2,1-3H3;2H,1H3. The zero-order chi connectivity index (χ0) is 20.4. The summed E-state index contributed by atoms with van der Waals surface area (Å²) in [5, 5.41) is 0. The van der Waals surface area contributed by atoms with E-state index in [4.69, 9.17) is 14.3 Å². The van der Waals surface area contributed by atoms with Gasteiger partial charge in [-0.25, -0.2) is 0 Å². The predicted molar refractivity (Wildman–Crippen MR) is 115 cm³/mol. The van der Waals surface area contributed by atoms with Crippen molar-refractivity contribution in [3.63, 3.8) is 0 Å². The maximum absolute atomic E-state index is 8.81. The third kappa shape index (κ3) is 5.98. The summed E-state index contributed by atoms with van der Waals surface area (Å²) in [6, 6.07) is 15.0. The highest BCUT2D eigenvalue weighted by Crippen LogP contribution is 2.42. The van der Waals surface area contributed by atoms with Crippen LogP contribution in [0, 0.1) is 0 Å². The van der Waals surface area contributed by atoms with Crippen LogP contribution in [-0.2, 0) is 17.6 Å². The number of hydrogen-bond acceptors (Lipinski definition) is 3. The van der Waals surface area contributed by atoms with Gasteiger partial charge in [-0.2, -0.15) is 0 Å². The molecule has 0 heterocycles. The topological polar surface area (TPSA) is 35.5 Å². The van der Waals surface area contributed by atoms with Gasteiger partial charge < -0.3 is 14.3 Å². The van der Waals surface area contributed by atoms with Gasteiger partial charge in [0.1, 0.15) is 17.8 Å². The number of methoxy groups -OCH3 is 2. The lowest BCUT2D eigenvalue weighted by Gasteiger charge is -2.24. The van der Waals surface area contributed by atoms with E-state index >= 15 is 0 Å². The first kappa shape index (κ1) is 21.7. The minimum absolute atomic E-state index is 0.391. The second-order valence-electron chi connectivity index (χ2n) is 7.15. The van der Waals surface area contributed by atoms with Crippen LogP contribution in [0.15, 0.2) is 54.1 Å². The molecule has 0 aromatic heterocycles. The van der Waals surface area contributed by atoms with Crippen molar-refractivity contribution in [2.24, 2.45) is 0 Å². The average Bonchev–Trinajstić information content (AvgIpc) is 2.72. The van der Waals surface area contributed by atoms with Crippen molar-refractivity contribution in [3.05, 3.63) is 70.8 Å². The second kappa shape index (κ2) is 11.3. The number of carbonyl (C=O) groups excluding carboxylic acids is 1. The van der Waals surface area contributed by atoms with Crippen LogP contribution in [0.3, 0.4) is 0 Å². The molecule has 0 spiro atoms. The van der Waals surface area contributed by atoms with Gasteiger partial charge in [-0.1, -0.05) is 42.0 Å². The Kier molecular flexibility index (Phi) is 8.80. The van der Waals surface area contributed by atoms with Gasteiger partial charge in [0.25, 0.3) is 0 Å². The van der Waals surface area contributed by atoms with E-state index in [-0.39, 0.29) is 0 Å². The summed E-state index contributed by atoms with van der Waals surface area (Å²) in [7, 11) is 3.53. The predicted octanol–water partition coefficient (Wildman–Crippen LogP) is 5.91. The molecule has 1 aliphatic carbocycles. The van der Waals surface area contributed by atoms with Crippen LogP contribution in [0.5, 0.6) is 11.5 Å². The number of rotatable bonds is 6. The fraction of sp³-hybridized carbons (Fsp3) is 0.400. The van der Waals surface area contributed by atoms with Gasteiger partial charge in [0.05, 0.1) is 14.2 Å². The first-order valence-electron chi connectivity index (χ1n) is 9.98. The third-order valence-corrected chi connectivity index (χ3v) is 5.09. The number of aryl methyl sites for hydroxylation is 2. The Hall–Kier alpha value is -2.55.